The lowest BCUT2D eigenvalue weighted by molar-refractivity contribution is -0.137. The first kappa shape index (κ1) is 17.0. The van der Waals surface area contributed by atoms with Crippen molar-refractivity contribution in [3.05, 3.63) is 47.2 Å². The van der Waals surface area contributed by atoms with Crippen LogP contribution in [0.15, 0.2) is 36.5 Å². The van der Waals surface area contributed by atoms with Gasteiger partial charge in [-0.15, -0.1) is 0 Å². The summed E-state index contributed by atoms with van der Waals surface area (Å²) in [4.78, 5) is 15.9. The third kappa shape index (κ3) is 3.66. The van der Waals surface area contributed by atoms with Crippen molar-refractivity contribution in [1.29, 1.82) is 0 Å². The number of benzene rings is 1. The second-order valence-corrected chi connectivity index (χ2v) is 5.54. The summed E-state index contributed by atoms with van der Waals surface area (Å²) in [7, 11) is 1.57. The Balaban J connectivity index is 1.89. The molecule has 10 heteroatoms. The minimum absolute atomic E-state index is 0.0150. The molecule has 1 aromatic carbocycles. The van der Waals surface area contributed by atoms with E-state index in [-0.39, 0.29) is 16.4 Å². The van der Waals surface area contributed by atoms with E-state index < -0.39 is 17.8 Å². The molecule has 6 nitrogen and oxygen atoms in total. The zero-order chi connectivity index (χ0) is 18.2. The van der Waals surface area contributed by atoms with E-state index in [0.717, 1.165) is 12.1 Å². The number of hydrogen-bond acceptors (Lipinski definition) is 3. The lowest BCUT2D eigenvalue weighted by Gasteiger charge is -2.08. The van der Waals surface area contributed by atoms with Gasteiger partial charge in [0.05, 0.1) is 11.1 Å². The van der Waals surface area contributed by atoms with E-state index in [2.05, 4.69) is 20.7 Å². The van der Waals surface area contributed by atoms with Gasteiger partial charge in [0, 0.05) is 24.3 Å². The van der Waals surface area contributed by atoms with Crippen molar-refractivity contribution in [1.82, 2.24) is 14.8 Å². The molecule has 3 rings (SSSR count). The number of carbonyl (C=O) groups is 1. The van der Waals surface area contributed by atoms with Gasteiger partial charge in [-0.2, -0.15) is 18.3 Å². The van der Waals surface area contributed by atoms with Gasteiger partial charge in [-0.1, -0.05) is 11.6 Å². The Morgan fingerprint density at radius 2 is 1.96 bits per heavy atom. The van der Waals surface area contributed by atoms with E-state index in [1.54, 1.807) is 7.05 Å². The number of alkyl halides is 3. The average molecular weight is 370 g/mol. The molecule has 2 aromatic heterocycles. The van der Waals surface area contributed by atoms with E-state index in [1.807, 2.05) is 0 Å². The van der Waals surface area contributed by atoms with E-state index >= 15 is 0 Å². The summed E-state index contributed by atoms with van der Waals surface area (Å²) < 4.78 is 40.1. The summed E-state index contributed by atoms with van der Waals surface area (Å²) in [5.74, 6) is 0.0150. The van der Waals surface area contributed by atoms with Crippen molar-refractivity contribution in [3.63, 3.8) is 0 Å². The quantitative estimate of drug-likeness (QED) is 0.662. The molecule has 2 N–H and O–H groups in total. The molecule has 0 aliphatic heterocycles. The fraction of sp³-hybridized carbons (Fsp3) is 0.133. The zero-order valence-corrected chi connectivity index (χ0v) is 13.5. The number of aryl methyl sites for hydroxylation is 1. The topological polar surface area (TPSA) is 71.8 Å². The van der Waals surface area contributed by atoms with E-state index in [4.69, 9.17) is 11.6 Å². The van der Waals surface area contributed by atoms with Crippen molar-refractivity contribution >= 4 is 40.0 Å². The number of nitrogens with one attached hydrogen (secondary N) is 2. The predicted octanol–water partition coefficient (Wildman–Crippen LogP) is 4.28. The number of rotatable bonds is 2. The third-order valence-electron chi connectivity index (χ3n) is 3.39. The molecule has 3 aromatic rings. The van der Waals surface area contributed by atoms with E-state index in [1.165, 1.54) is 29.1 Å². The number of pyridine rings is 1. The number of hydrogen-bond donors (Lipinski definition) is 2. The Bertz CT molecular complexity index is 954. The summed E-state index contributed by atoms with van der Waals surface area (Å²) in [6.45, 7) is 0. The van der Waals surface area contributed by atoms with Crippen LogP contribution in [0.3, 0.4) is 0 Å². The van der Waals surface area contributed by atoms with E-state index in [0.29, 0.717) is 11.2 Å². The van der Waals surface area contributed by atoms with Crippen LogP contribution in [-0.2, 0) is 13.2 Å². The first-order valence-electron chi connectivity index (χ1n) is 6.97. The highest BCUT2D eigenvalue weighted by Gasteiger charge is 2.31. The Kier molecular flexibility index (Phi) is 4.25. The van der Waals surface area contributed by atoms with Gasteiger partial charge < -0.3 is 5.32 Å². The second-order valence-electron chi connectivity index (χ2n) is 5.15. The van der Waals surface area contributed by atoms with Gasteiger partial charge in [0.25, 0.3) is 0 Å². The Hall–Kier alpha value is -2.81. The van der Waals surface area contributed by atoms with Gasteiger partial charge in [-0.3, -0.25) is 10.00 Å². The Morgan fingerprint density at radius 1 is 1.20 bits per heavy atom. The molecule has 2 heterocycles. The number of fused-ring (bicyclic) bond motifs is 1. The fourth-order valence-corrected chi connectivity index (χ4v) is 2.46. The number of anilines is 2. The molecule has 130 valence electrons. The van der Waals surface area contributed by atoms with Crippen molar-refractivity contribution in [3.8, 4) is 0 Å². The highest BCUT2D eigenvalue weighted by Crippen LogP contribution is 2.33. The number of carbonyl (C=O) groups excluding carboxylic acids is 1. The molecule has 0 unspecified atom stereocenters. The molecule has 25 heavy (non-hydrogen) atoms. The lowest BCUT2D eigenvalue weighted by atomic mass is 10.1. The Labute approximate surface area is 144 Å². The van der Waals surface area contributed by atoms with Gasteiger partial charge in [-0.25, -0.2) is 9.78 Å². The molecule has 0 fully saturated rings. The number of nitrogens with zero attached hydrogens (tertiary/aromatic N) is 3. The van der Waals surface area contributed by atoms with Crippen LogP contribution in [0.5, 0.6) is 0 Å². The number of halogens is 4. The SMILES string of the molecule is Cn1nc(NC(=O)Nc2ccnc(Cl)c2)c2cc(C(F)(F)F)ccc21. The number of aromatic nitrogens is 3. The van der Waals surface area contributed by atoms with Gasteiger partial charge in [0.15, 0.2) is 5.82 Å². The van der Waals surface area contributed by atoms with Crippen LogP contribution in [0.2, 0.25) is 5.15 Å². The Morgan fingerprint density at radius 3 is 2.64 bits per heavy atom. The normalized spacial score (nSPS) is 11.6. The molecule has 0 bridgehead atoms. The van der Waals surface area contributed by atoms with Crippen LogP contribution >= 0.6 is 11.6 Å². The molecule has 0 aliphatic carbocycles. The largest absolute Gasteiger partial charge is 0.416 e. The molecule has 2 amide bonds. The monoisotopic (exact) mass is 369 g/mol. The van der Waals surface area contributed by atoms with Crippen LogP contribution in [0, 0.1) is 0 Å². The van der Waals surface area contributed by atoms with Gasteiger partial charge in [0.2, 0.25) is 0 Å². The van der Waals surface area contributed by atoms with Crippen molar-refractivity contribution < 1.29 is 18.0 Å². The summed E-state index contributed by atoms with van der Waals surface area (Å²) in [6.07, 6.45) is -3.08. The maximum absolute atomic E-state index is 12.9. The third-order valence-corrected chi connectivity index (χ3v) is 3.60. The van der Waals surface area contributed by atoms with Crippen LogP contribution in [0.25, 0.3) is 10.9 Å². The zero-order valence-electron chi connectivity index (χ0n) is 12.7. The standard InChI is InChI=1S/C15H11ClF3N5O/c1-24-11-3-2-8(15(17,18)19)6-10(11)13(23-24)22-14(25)21-9-4-5-20-12(16)7-9/h2-7H,1H3,(H2,20,21,22,23,25). The summed E-state index contributed by atoms with van der Waals surface area (Å²) >= 11 is 5.73. The van der Waals surface area contributed by atoms with Crippen LogP contribution in [-0.4, -0.2) is 20.8 Å². The van der Waals surface area contributed by atoms with Crippen LogP contribution in [0.1, 0.15) is 5.56 Å². The fourth-order valence-electron chi connectivity index (χ4n) is 2.28. The molecule has 0 atom stereocenters. The van der Waals surface area contributed by atoms with Crippen LogP contribution in [0.4, 0.5) is 29.5 Å². The minimum Gasteiger partial charge on any atom is -0.308 e. The molecule has 0 aliphatic rings. The predicted molar refractivity (Wildman–Crippen MR) is 87.6 cm³/mol. The van der Waals surface area contributed by atoms with Crippen LogP contribution < -0.4 is 10.6 Å². The average Bonchev–Trinajstić information content (AvgIpc) is 2.82. The summed E-state index contributed by atoms with van der Waals surface area (Å²) in [5, 5.41) is 9.37. The first-order chi connectivity index (χ1) is 11.7. The van der Waals surface area contributed by atoms with Gasteiger partial charge >= 0.3 is 12.2 Å². The maximum Gasteiger partial charge on any atom is 0.416 e. The van der Waals surface area contributed by atoms with Crippen molar-refractivity contribution in [2.24, 2.45) is 7.05 Å². The molecule has 0 saturated carbocycles. The van der Waals surface area contributed by atoms with Crippen molar-refractivity contribution in [2.75, 3.05) is 10.6 Å². The molecule has 0 saturated heterocycles. The van der Waals surface area contributed by atoms with E-state index in [9.17, 15) is 18.0 Å². The summed E-state index contributed by atoms with van der Waals surface area (Å²) in [5.41, 5.74) is 0.0151. The molecule has 0 radical (unpaired) electrons. The molecular formula is C15H11ClF3N5O. The lowest BCUT2D eigenvalue weighted by Crippen LogP contribution is -2.20. The highest BCUT2D eigenvalue weighted by atomic mass is 35.5. The molecule has 0 spiro atoms. The minimum atomic E-state index is -4.49. The van der Waals surface area contributed by atoms with Gasteiger partial charge in [-0.05, 0) is 30.3 Å². The maximum atomic E-state index is 12.9. The number of urea groups is 1. The first-order valence-corrected chi connectivity index (χ1v) is 7.35. The van der Waals surface area contributed by atoms with Crippen molar-refractivity contribution in [2.45, 2.75) is 6.18 Å². The highest BCUT2D eigenvalue weighted by molar-refractivity contribution is 6.29. The second kappa shape index (κ2) is 6.25. The summed E-state index contributed by atoms with van der Waals surface area (Å²) in [6, 6.07) is 5.49. The smallest absolute Gasteiger partial charge is 0.308 e. The van der Waals surface area contributed by atoms with Gasteiger partial charge in [0.1, 0.15) is 5.15 Å². The number of amides is 2. The molecular weight excluding hydrogens is 359 g/mol.